The van der Waals surface area contributed by atoms with Crippen LogP contribution in [-0.4, -0.2) is 10.3 Å². The van der Waals surface area contributed by atoms with Crippen LogP contribution in [0.2, 0.25) is 0 Å². The van der Waals surface area contributed by atoms with Gasteiger partial charge in [0.15, 0.2) is 0 Å². The maximum atomic E-state index is 4.55. The summed E-state index contributed by atoms with van der Waals surface area (Å²) in [6.07, 6.45) is 11.4. The number of benzene rings is 1. The van der Waals surface area contributed by atoms with Gasteiger partial charge in [-0.05, 0) is 54.9 Å². The highest BCUT2D eigenvalue weighted by molar-refractivity contribution is 7.16. The molecule has 0 bridgehead atoms. The van der Waals surface area contributed by atoms with Crippen LogP contribution in [0.3, 0.4) is 0 Å². The predicted octanol–water partition coefficient (Wildman–Crippen LogP) is 4.57. The SMILES string of the molecule is Cn1/c(=N\N=C2\C=C3C=CCCC3(C)CC2)sc2ccccc21. The summed E-state index contributed by atoms with van der Waals surface area (Å²) in [6.45, 7) is 2.38. The highest BCUT2D eigenvalue weighted by atomic mass is 32.1. The Morgan fingerprint density at radius 3 is 2.91 bits per heavy atom. The smallest absolute Gasteiger partial charge is 0.211 e. The zero-order valence-corrected chi connectivity index (χ0v) is 14.4. The van der Waals surface area contributed by atoms with Crippen molar-refractivity contribution in [3.63, 3.8) is 0 Å². The standard InChI is InChI=1S/C19H21N3S/c1-19-11-6-5-7-14(19)13-15(10-12-19)20-21-18-22(2)16-8-3-4-9-17(16)23-18/h3-5,7-9,13H,6,10-12H2,1-2H3/b20-15+,21-18+. The van der Waals surface area contributed by atoms with Crippen LogP contribution in [0, 0.1) is 5.41 Å². The van der Waals surface area contributed by atoms with Crippen molar-refractivity contribution in [3.05, 3.63) is 52.9 Å². The number of rotatable bonds is 1. The number of thiazole rings is 1. The first-order chi connectivity index (χ1) is 11.2. The second-order valence-corrected chi connectivity index (χ2v) is 7.71. The minimum atomic E-state index is 0.343. The van der Waals surface area contributed by atoms with Gasteiger partial charge in [-0.15, -0.1) is 5.10 Å². The molecule has 1 heterocycles. The molecular weight excluding hydrogens is 302 g/mol. The number of hydrogen-bond donors (Lipinski definition) is 0. The van der Waals surface area contributed by atoms with Gasteiger partial charge in [0.25, 0.3) is 0 Å². The molecule has 2 aliphatic rings. The molecule has 1 atom stereocenters. The van der Waals surface area contributed by atoms with E-state index in [-0.39, 0.29) is 0 Å². The Morgan fingerprint density at radius 1 is 1.17 bits per heavy atom. The first-order valence-corrected chi connectivity index (χ1v) is 9.01. The zero-order valence-electron chi connectivity index (χ0n) is 13.6. The number of nitrogens with zero attached hydrogens (tertiary/aromatic N) is 3. The van der Waals surface area contributed by atoms with Crippen LogP contribution >= 0.6 is 11.3 Å². The van der Waals surface area contributed by atoms with Crippen molar-refractivity contribution in [2.45, 2.75) is 32.6 Å². The lowest BCUT2D eigenvalue weighted by atomic mass is 9.68. The average Bonchev–Trinajstić information content (AvgIpc) is 2.89. The molecule has 0 spiro atoms. The second-order valence-electron chi connectivity index (χ2n) is 6.70. The van der Waals surface area contributed by atoms with Crippen LogP contribution in [-0.2, 0) is 7.05 Å². The van der Waals surface area contributed by atoms with Gasteiger partial charge in [-0.1, -0.05) is 42.5 Å². The Labute approximate surface area is 140 Å². The van der Waals surface area contributed by atoms with Crippen molar-refractivity contribution in [3.8, 4) is 0 Å². The van der Waals surface area contributed by atoms with Gasteiger partial charge in [-0.3, -0.25) is 0 Å². The van der Waals surface area contributed by atoms with Crippen molar-refractivity contribution in [2.24, 2.45) is 22.7 Å². The molecule has 0 saturated heterocycles. The molecule has 0 amide bonds. The van der Waals surface area contributed by atoms with Crippen LogP contribution in [0.25, 0.3) is 10.2 Å². The van der Waals surface area contributed by atoms with E-state index in [1.54, 1.807) is 11.3 Å². The lowest BCUT2D eigenvalue weighted by Crippen LogP contribution is -2.26. The van der Waals surface area contributed by atoms with Crippen molar-refractivity contribution < 1.29 is 0 Å². The predicted molar refractivity (Wildman–Crippen MR) is 97.6 cm³/mol. The molecule has 3 nitrogen and oxygen atoms in total. The summed E-state index contributed by atoms with van der Waals surface area (Å²) in [5.74, 6) is 0. The summed E-state index contributed by atoms with van der Waals surface area (Å²) in [7, 11) is 2.05. The fourth-order valence-corrected chi connectivity index (χ4v) is 4.44. The number of aryl methyl sites for hydroxylation is 1. The first-order valence-electron chi connectivity index (χ1n) is 8.20. The maximum Gasteiger partial charge on any atom is 0.211 e. The Balaban J connectivity index is 1.73. The Bertz CT molecular complexity index is 910. The fourth-order valence-electron chi connectivity index (χ4n) is 3.47. The quantitative estimate of drug-likeness (QED) is 0.688. The van der Waals surface area contributed by atoms with Crippen molar-refractivity contribution in [2.75, 3.05) is 0 Å². The number of fused-ring (bicyclic) bond motifs is 2. The van der Waals surface area contributed by atoms with Gasteiger partial charge < -0.3 is 4.57 Å². The van der Waals surface area contributed by atoms with Crippen LogP contribution < -0.4 is 4.80 Å². The van der Waals surface area contributed by atoms with Gasteiger partial charge >= 0.3 is 0 Å². The normalized spacial score (nSPS) is 26.6. The Morgan fingerprint density at radius 2 is 2.04 bits per heavy atom. The number of hydrogen-bond acceptors (Lipinski definition) is 3. The molecule has 118 valence electrons. The molecule has 4 rings (SSSR count). The summed E-state index contributed by atoms with van der Waals surface area (Å²) >= 11 is 1.69. The topological polar surface area (TPSA) is 29.6 Å². The van der Waals surface area contributed by atoms with E-state index in [2.05, 4.69) is 71.2 Å². The minimum absolute atomic E-state index is 0.343. The van der Waals surface area contributed by atoms with E-state index in [0.717, 1.165) is 16.9 Å². The van der Waals surface area contributed by atoms with E-state index < -0.39 is 0 Å². The molecule has 4 heteroatoms. The largest absolute Gasteiger partial charge is 0.318 e. The summed E-state index contributed by atoms with van der Waals surface area (Å²) in [4.78, 5) is 0.949. The van der Waals surface area contributed by atoms with Gasteiger partial charge in [-0.2, -0.15) is 5.10 Å². The molecule has 0 aliphatic heterocycles. The molecule has 1 unspecified atom stereocenters. The van der Waals surface area contributed by atoms with E-state index in [1.165, 1.54) is 35.1 Å². The summed E-state index contributed by atoms with van der Waals surface area (Å²) < 4.78 is 3.36. The highest BCUT2D eigenvalue weighted by Crippen LogP contribution is 2.43. The molecular formula is C19H21N3S. The van der Waals surface area contributed by atoms with E-state index >= 15 is 0 Å². The molecule has 0 radical (unpaired) electrons. The Kier molecular flexibility index (Phi) is 3.57. The third kappa shape index (κ3) is 2.61. The molecule has 0 fully saturated rings. The van der Waals surface area contributed by atoms with Gasteiger partial charge in [0.2, 0.25) is 4.80 Å². The van der Waals surface area contributed by atoms with Gasteiger partial charge in [0.1, 0.15) is 0 Å². The minimum Gasteiger partial charge on any atom is -0.318 e. The first kappa shape index (κ1) is 14.6. The third-order valence-corrected chi connectivity index (χ3v) is 6.19. The Hall–Kier alpha value is -1.94. The molecule has 1 aromatic carbocycles. The molecule has 1 aromatic heterocycles. The van der Waals surface area contributed by atoms with Crippen LogP contribution in [0.1, 0.15) is 32.6 Å². The van der Waals surface area contributed by atoms with Gasteiger partial charge in [0, 0.05) is 7.05 Å². The molecule has 0 saturated carbocycles. The lowest BCUT2D eigenvalue weighted by Gasteiger charge is -2.36. The summed E-state index contributed by atoms with van der Waals surface area (Å²) in [6, 6.07) is 8.38. The third-order valence-electron chi connectivity index (χ3n) is 5.09. The van der Waals surface area contributed by atoms with Crippen LogP contribution in [0.15, 0.2) is 58.3 Å². The second kappa shape index (κ2) is 5.60. The highest BCUT2D eigenvalue weighted by Gasteiger charge is 2.32. The summed E-state index contributed by atoms with van der Waals surface area (Å²) in [5.41, 5.74) is 4.07. The fraction of sp³-hybridized carbons (Fsp3) is 0.368. The average molecular weight is 323 g/mol. The zero-order chi connectivity index (χ0) is 15.9. The number of allylic oxidation sites excluding steroid dienone is 4. The van der Waals surface area contributed by atoms with Gasteiger partial charge in [0.05, 0.1) is 15.9 Å². The van der Waals surface area contributed by atoms with E-state index in [0.29, 0.717) is 5.41 Å². The number of para-hydroxylation sites is 1. The maximum absolute atomic E-state index is 4.55. The van der Waals surface area contributed by atoms with Crippen LogP contribution in [0.4, 0.5) is 0 Å². The lowest BCUT2D eigenvalue weighted by molar-refractivity contribution is 0.339. The van der Waals surface area contributed by atoms with Crippen molar-refractivity contribution in [1.29, 1.82) is 0 Å². The summed E-state index contributed by atoms with van der Waals surface area (Å²) in [5, 5.41) is 9.08. The van der Waals surface area contributed by atoms with E-state index in [4.69, 9.17) is 0 Å². The molecule has 2 aromatic rings. The monoisotopic (exact) mass is 323 g/mol. The van der Waals surface area contributed by atoms with Crippen molar-refractivity contribution in [1.82, 2.24) is 4.57 Å². The molecule has 23 heavy (non-hydrogen) atoms. The molecule has 0 N–H and O–H groups in total. The number of aromatic nitrogens is 1. The van der Waals surface area contributed by atoms with E-state index in [1.807, 2.05) is 0 Å². The van der Waals surface area contributed by atoms with Crippen LogP contribution in [0.5, 0.6) is 0 Å². The van der Waals surface area contributed by atoms with Crippen molar-refractivity contribution >= 4 is 27.3 Å². The molecule has 2 aliphatic carbocycles. The van der Waals surface area contributed by atoms with Gasteiger partial charge in [-0.25, -0.2) is 0 Å². The van der Waals surface area contributed by atoms with E-state index in [9.17, 15) is 0 Å².